The molecule has 0 aliphatic rings. The van der Waals surface area contributed by atoms with Gasteiger partial charge in [-0.1, -0.05) is 30.3 Å². The molecule has 6 nitrogen and oxygen atoms in total. The number of aromatic nitrogens is 1. The molecule has 140 valence electrons. The third-order valence-electron chi connectivity index (χ3n) is 4.05. The molecule has 0 aliphatic heterocycles. The molecule has 3 aromatic rings. The fraction of sp³-hybridized carbons (Fsp3) is 0.200. The summed E-state index contributed by atoms with van der Waals surface area (Å²) in [6.07, 6.45) is 0. The van der Waals surface area contributed by atoms with E-state index in [4.69, 9.17) is 0 Å². The van der Waals surface area contributed by atoms with Crippen molar-refractivity contribution in [2.75, 3.05) is 18.8 Å². The second kappa shape index (κ2) is 7.46. The normalized spacial score (nSPS) is 11.7. The monoisotopic (exact) mass is 383 g/mol. The molecular formula is C20H21N3O3S. The lowest BCUT2D eigenvalue weighted by molar-refractivity contribution is 0.101. The summed E-state index contributed by atoms with van der Waals surface area (Å²) in [6, 6.07) is 15.2. The number of pyridine rings is 1. The van der Waals surface area contributed by atoms with Gasteiger partial charge < -0.3 is 4.90 Å². The zero-order chi connectivity index (χ0) is 19.6. The minimum atomic E-state index is -3.85. The van der Waals surface area contributed by atoms with E-state index in [1.54, 1.807) is 24.3 Å². The molecule has 2 aromatic carbocycles. The van der Waals surface area contributed by atoms with Crippen molar-refractivity contribution in [3.63, 3.8) is 0 Å². The van der Waals surface area contributed by atoms with Gasteiger partial charge in [-0.05, 0) is 45.3 Å². The van der Waals surface area contributed by atoms with Crippen LogP contribution in [0, 0.1) is 0 Å². The maximum Gasteiger partial charge on any atom is 0.261 e. The smallest absolute Gasteiger partial charge is 0.261 e. The summed E-state index contributed by atoms with van der Waals surface area (Å²) in [5.41, 5.74) is 2.18. The van der Waals surface area contributed by atoms with Gasteiger partial charge in [0.25, 0.3) is 10.0 Å². The van der Waals surface area contributed by atoms with Gasteiger partial charge in [0.1, 0.15) is 0 Å². The molecule has 0 unspecified atom stereocenters. The summed E-state index contributed by atoms with van der Waals surface area (Å²) < 4.78 is 28.3. The molecule has 1 heterocycles. The van der Waals surface area contributed by atoms with Crippen LogP contribution in [-0.4, -0.2) is 38.2 Å². The van der Waals surface area contributed by atoms with E-state index in [1.165, 1.54) is 19.1 Å². The average molecular weight is 383 g/mol. The van der Waals surface area contributed by atoms with E-state index in [9.17, 15) is 13.2 Å². The van der Waals surface area contributed by atoms with Crippen molar-refractivity contribution in [1.82, 2.24) is 9.88 Å². The van der Waals surface area contributed by atoms with E-state index in [0.717, 1.165) is 11.1 Å². The van der Waals surface area contributed by atoms with E-state index in [2.05, 4.69) is 9.71 Å². The molecule has 1 N–H and O–H groups in total. The van der Waals surface area contributed by atoms with E-state index in [0.29, 0.717) is 23.3 Å². The number of carbonyl (C=O) groups excluding carboxylic acids is 1. The molecule has 0 spiro atoms. The van der Waals surface area contributed by atoms with Gasteiger partial charge in [-0.25, -0.2) is 13.4 Å². The van der Waals surface area contributed by atoms with E-state index >= 15 is 0 Å². The second-order valence-electron chi connectivity index (χ2n) is 6.61. The quantitative estimate of drug-likeness (QED) is 0.661. The predicted molar refractivity (Wildman–Crippen MR) is 106 cm³/mol. The molecule has 0 radical (unpaired) electrons. The molecule has 0 atom stereocenters. The lowest BCUT2D eigenvalue weighted by atomic mass is 10.1. The lowest BCUT2D eigenvalue weighted by Crippen LogP contribution is -2.15. The van der Waals surface area contributed by atoms with Crippen LogP contribution in [0.2, 0.25) is 0 Å². The highest BCUT2D eigenvalue weighted by atomic mass is 32.2. The first kappa shape index (κ1) is 19.0. The molecular weight excluding hydrogens is 362 g/mol. The van der Waals surface area contributed by atoms with Crippen molar-refractivity contribution in [2.45, 2.75) is 18.4 Å². The Morgan fingerprint density at radius 3 is 2.52 bits per heavy atom. The Morgan fingerprint density at radius 2 is 1.81 bits per heavy atom. The van der Waals surface area contributed by atoms with Crippen LogP contribution in [0.5, 0.6) is 0 Å². The first-order valence-electron chi connectivity index (χ1n) is 8.43. The fourth-order valence-electron chi connectivity index (χ4n) is 2.77. The third-order valence-corrected chi connectivity index (χ3v) is 5.41. The molecule has 0 saturated heterocycles. The van der Waals surface area contributed by atoms with Crippen molar-refractivity contribution in [2.24, 2.45) is 0 Å². The SMILES string of the molecule is CC(=O)c1cccc(S(=O)(=O)Nc2cccc3ccc(CN(C)C)nc23)c1. The number of benzene rings is 2. The third kappa shape index (κ3) is 4.32. The van der Waals surface area contributed by atoms with Crippen molar-refractivity contribution in [3.05, 3.63) is 65.9 Å². The lowest BCUT2D eigenvalue weighted by Gasteiger charge is -2.13. The van der Waals surface area contributed by atoms with Gasteiger partial charge in [-0.3, -0.25) is 9.52 Å². The number of para-hydroxylation sites is 1. The summed E-state index contributed by atoms with van der Waals surface area (Å²) in [5.74, 6) is -0.188. The zero-order valence-electron chi connectivity index (χ0n) is 15.4. The van der Waals surface area contributed by atoms with E-state index < -0.39 is 10.0 Å². The zero-order valence-corrected chi connectivity index (χ0v) is 16.2. The molecule has 1 aromatic heterocycles. The Labute approximate surface area is 158 Å². The summed E-state index contributed by atoms with van der Waals surface area (Å²) in [4.78, 5) is 18.2. The number of rotatable bonds is 6. The second-order valence-corrected chi connectivity index (χ2v) is 8.29. The van der Waals surface area contributed by atoms with Crippen LogP contribution in [0.15, 0.2) is 59.5 Å². The van der Waals surface area contributed by atoms with Gasteiger partial charge >= 0.3 is 0 Å². The minimum Gasteiger partial charge on any atom is -0.304 e. The predicted octanol–water partition coefficient (Wildman–Crippen LogP) is 3.30. The number of Topliss-reactive ketones (excluding diaryl/α,β-unsaturated/α-hetero) is 1. The van der Waals surface area contributed by atoms with Crippen LogP contribution in [-0.2, 0) is 16.6 Å². The highest BCUT2D eigenvalue weighted by Gasteiger charge is 2.17. The summed E-state index contributed by atoms with van der Waals surface area (Å²) >= 11 is 0. The van der Waals surface area contributed by atoms with Crippen LogP contribution in [0.1, 0.15) is 23.0 Å². The number of hydrogen-bond acceptors (Lipinski definition) is 5. The van der Waals surface area contributed by atoms with E-state index in [-0.39, 0.29) is 10.7 Å². The van der Waals surface area contributed by atoms with Crippen LogP contribution < -0.4 is 4.72 Å². The summed E-state index contributed by atoms with van der Waals surface area (Å²) in [5, 5.41) is 0.843. The summed E-state index contributed by atoms with van der Waals surface area (Å²) in [6.45, 7) is 2.05. The first-order chi connectivity index (χ1) is 12.8. The standard InChI is InChI=1S/C20H21N3O3S/c1-14(24)16-7-4-8-18(12-16)27(25,26)22-19-9-5-6-15-10-11-17(13-23(2)3)21-20(15)19/h4-12,22H,13H2,1-3H3. The topological polar surface area (TPSA) is 79.4 Å². The highest BCUT2D eigenvalue weighted by Crippen LogP contribution is 2.25. The number of sulfonamides is 1. The van der Waals surface area contributed by atoms with Crippen molar-refractivity contribution in [3.8, 4) is 0 Å². The number of fused-ring (bicyclic) bond motifs is 1. The number of nitrogens with zero attached hydrogens (tertiary/aromatic N) is 2. The van der Waals surface area contributed by atoms with Crippen LogP contribution in [0.4, 0.5) is 5.69 Å². The molecule has 0 fully saturated rings. The van der Waals surface area contributed by atoms with Gasteiger partial charge in [0.2, 0.25) is 0 Å². The van der Waals surface area contributed by atoms with Crippen LogP contribution in [0.25, 0.3) is 10.9 Å². The number of carbonyl (C=O) groups is 1. The summed E-state index contributed by atoms with van der Waals surface area (Å²) in [7, 11) is 0.0445. The fourth-order valence-corrected chi connectivity index (χ4v) is 3.88. The molecule has 27 heavy (non-hydrogen) atoms. The molecule has 0 bridgehead atoms. The Balaban J connectivity index is 2.02. The Kier molecular flexibility index (Phi) is 5.25. The Morgan fingerprint density at radius 1 is 1.07 bits per heavy atom. The van der Waals surface area contributed by atoms with Gasteiger partial charge in [0.15, 0.2) is 5.78 Å². The van der Waals surface area contributed by atoms with Gasteiger partial charge in [-0.2, -0.15) is 0 Å². The molecule has 0 aliphatic carbocycles. The molecule has 7 heteroatoms. The maximum absolute atomic E-state index is 12.8. The number of nitrogens with one attached hydrogen (secondary N) is 1. The molecule has 3 rings (SSSR count). The number of ketones is 1. The van der Waals surface area contributed by atoms with E-state index in [1.807, 2.05) is 37.2 Å². The van der Waals surface area contributed by atoms with Crippen molar-refractivity contribution in [1.29, 1.82) is 0 Å². The van der Waals surface area contributed by atoms with Crippen molar-refractivity contribution < 1.29 is 13.2 Å². The van der Waals surface area contributed by atoms with Gasteiger partial charge in [-0.15, -0.1) is 0 Å². The minimum absolute atomic E-state index is 0.0386. The van der Waals surface area contributed by atoms with Gasteiger partial charge in [0.05, 0.1) is 21.8 Å². The van der Waals surface area contributed by atoms with Crippen LogP contribution in [0.3, 0.4) is 0 Å². The molecule has 0 saturated carbocycles. The molecule has 0 amide bonds. The first-order valence-corrected chi connectivity index (χ1v) is 9.92. The largest absolute Gasteiger partial charge is 0.304 e. The number of hydrogen-bond donors (Lipinski definition) is 1. The Bertz CT molecular complexity index is 1110. The maximum atomic E-state index is 12.8. The Hall–Kier alpha value is -2.77. The van der Waals surface area contributed by atoms with Crippen LogP contribution >= 0.6 is 0 Å². The van der Waals surface area contributed by atoms with Gasteiger partial charge in [0, 0.05) is 17.5 Å². The van der Waals surface area contributed by atoms with Crippen molar-refractivity contribution >= 4 is 32.4 Å². The highest BCUT2D eigenvalue weighted by molar-refractivity contribution is 7.92. The number of anilines is 1. The average Bonchev–Trinajstić information content (AvgIpc) is 2.61.